The number of nitrogens with zero attached hydrogens (tertiary/aromatic N) is 2. The van der Waals surface area contributed by atoms with Crippen LogP contribution in [0, 0.1) is 0 Å². The second-order valence-electron chi connectivity index (χ2n) is 3.36. The number of benzene rings is 1. The molecule has 0 aliphatic heterocycles. The Hall–Kier alpha value is -1.06. The molecule has 0 radical (unpaired) electrons. The summed E-state index contributed by atoms with van der Waals surface area (Å²) in [6, 6.07) is 5.95. The second kappa shape index (κ2) is 5.32. The molecule has 0 saturated carbocycles. The third-order valence-corrected chi connectivity index (χ3v) is 2.78. The molecule has 2 rings (SSSR count). The zero-order chi connectivity index (χ0) is 11.4. The summed E-state index contributed by atoms with van der Waals surface area (Å²) in [7, 11) is 0. The van der Waals surface area contributed by atoms with E-state index in [1.165, 1.54) is 6.33 Å². The summed E-state index contributed by atoms with van der Waals surface area (Å²) in [6.07, 6.45) is 6.60. The minimum Gasteiger partial charge on any atom is -0.236 e. The Morgan fingerprint density at radius 3 is 3.00 bits per heavy atom. The van der Waals surface area contributed by atoms with Gasteiger partial charge in [0.25, 0.3) is 0 Å². The largest absolute Gasteiger partial charge is 0.236 e. The van der Waals surface area contributed by atoms with Crippen molar-refractivity contribution in [1.82, 2.24) is 9.97 Å². The van der Waals surface area contributed by atoms with Crippen molar-refractivity contribution in [3.8, 4) is 0 Å². The molecule has 0 atom stereocenters. The van der Waals surface area contributed by atoms with E-state index in [4.69, 9.17) is 11.6 Å². The SMILES string of the molecule is SCCC=Cc1ccc2c(Cl)ncnc2c1. The van der Waals surface area contributed by atoms with Gasteiger partial charge in [-0.15, -0.1) is 0 Å². The summed E-state index contributed by atoms with van der Waals surface area (Å²) in [5, 5.41) is 1.38. The number of hydrogen-bond acceptors (Lipinski definition) is 3. The molecular weight excluding hydrogens is 240 g/mol. The van der Waals surface area contributed by atoms with E-state index in [1.807, 2.05) is 18.2 Å². The lowest BCUT2D eigenvalue weighted by Gasteiger charge is -1.99. The molecule has 82 valence electrons. The number of fused-ring (bicyclic) bond motifs is 1. The number of rotatable bonds is 3. The Kier molecular flexibility index (Phi) is 3.80. The molecule has 0 spiro atoms. The van der Waals surface area contributed by atoms with Gasteiger partial charge in [-0.05, 0) is 29.9 Å². The van der Waals surface area contributed by atoms with Gasteiger partial charge in [0.15, 0.2) is 0 Å². The van der Waals surface area contributed by atoms with Gasteiger partial charge in [0.05, 0.1) is 5.52 Å². The molecular formula is C12H11ClN2S. The van der Waals surface area contributed by atoms with Crippen LogP contribution in [0.5, 0.6) is 0 Å². The van der Waals surface area contributed by atoms with Crippen LogP contribution in [0.4, 0.5) is 0 Å². The summed E-state index contributed by atoms with van der Waals surface area (Å²) in [5.74, 6) is 0.859. The van der Waals surface area contributed by atoms with Crippen LogP contribution in [0.25, 0.3) is 17.0 Å². The number of hydrogen-bond donors (Lipinski definition) is 1. The van der Waals surface area contributed by atoms with Crippen LogP contribution in [-0.4, -0.2) is 15.7 Å². The maximum atomic E-state index is 5.96. The van der Waals surface area contributed by atoms with Crippen molar-refractivity contribution in [3.63, 3.8) is 0 Å². The fourth-order valence-corrected chi connectivity index (χ4v) is 1.79. The maximum Gasteiger partial charge on any atom is 0.140 e. The van der Waals surface area contributed by atoms with Crippen molar-refractivity contribution in [2.45, 2.75) is 6.42 Å². The van der Waals surface area contributed by atoms with Gasteiger partial charge in [-0.3, -0.25) is 0 Å². The molecule has 0 aliphatic carbocycles. The highest BCUT2D eigenvalue weighted by Crippen LogP contribution is 2.20. The van der Waals surface area contributed by atoms with Crippen molar-refractivity contribution in [2.75, 3.05) is 5.75 Å². The van der Waals surface area contributed by atoms with Gasteiger partial charge in [-0.1, -0.05) is 29.8 Å². The maximum absolute atomic E-state index is 5.96. The molecule has 0 bridgehead atoms. The predicted octanol–water partition coefficient (Wildman–Crippen LogP) is 3.62. The van der Waals surface area contributed by atoms with E-state index in [9.17, 15) is 0 Å². The zero-order valence-corrected chi connectivity index (χ0v) is 10.2. The third kappa shape index (κ3) is 2.54. The molecule has 0 fully saturated rings. The van der Waals surface area contributed by atoms with Crippen LogP contribution < -0.4 is 0 Å². The summed E-state index contributed by atoms with van der Waals surface area (Å²) in [4.78, 5) is 8.13. The molecule has 0 N–H and O–H groups in total. The summed E-state index contributed by atoms with van der Waals surface area (Å²) >= 11 is 10.1. The Bertz CT molecular complexity index is 525. The van der Waals surface area contributed by atoms with E-state index in [2.05, 4.69) is 34.7 Å². The van der Waals surface area contributed by atoms with Crippen LogP contribution in [0.3, 0.4) is 0 Å². The van der Waals surface area contributed by atoms with Gasteiger partial charge in [0.2, 0.25) is 0 Å². The molecule has 1 heterocycles. The lowest BCUT2D eigenvalue weighted by Crippen LogP contribution is -1.84. The summed E-state index contributed by atoms with van der Waals surface area (Å²) < 4.78 is 0. The standard InChI is InChI=1S/C12H11ClN2S/c13-12-10-5-4-9(3-1-2-6-16)7-11(10)14-8-15-12/h1,3-5,7-8,16H,2,6H2. The molecule has 0 saturated heterocycles. The molecule has 0 aliphatic rings. The van der Waals surface area contributed by atoms with Crippen LogP contribution in [0.15, 0.2) is 30.6 Å². The highest BCUT2D eigenvalue weighted by atomic mass is 35.5. The van der Waals surface area contributed by atoms with E-state index < -0.39 is 0 Å². The number of allylic oxidation sites excluding steroid dienone is 1. The molecule has 0 amide bonds. The molecule has 16 heavy (non-hydrogen) atoms. The fourth-order valence-electron chi connectivity index (χ4n) is 1.44. The van der Waals surface area contributed by atoms with Crippen LogP contribution >= 0.6 is 24.2 Å². The predicted molar refractivity (Wildman–Crippen MR) is 72.1 cm³/mol. The van der Waals surface area contributed by atoms with Crippen LogP contribution in [0.2, 0.25) is 5.15 Å². The van der Waals surface area contributed by atoms with Crippen molar-refractivity contribution in [2.24, 2.45) is 0 Å². The zero-order valence-electron chi connectivity index (χ0n) is 8.60. The van der Waals surface area contributed by atoms with Crippen molar-refractivity contribution >= 4 is 41.2 Å². The number of aromatic nitrogens is 2. The van der Waals surface area contributed by atoms with Crippen molar-refractivity contribution in [3.05, 3.63) is 41.3 Å². The van der Waals surface area contributed by atoms with Gasteiger partial charge in [0, 0.05) is 5.39 Å². The first-order valence-corrected chi connectivity index (χ1v) is 6.00. The number of halogens is 1. The highest BCUT2D eigenvalue weighted by Gasteiger charge is 2.00. The van der Waals surface area contributed by atoms with Gasteiger partial charge < -0.3 is 0 Å². The van der Waals surface area contributed by atoms with Crippen molar-refractivity contribution in [1.29, 1.82) is 0 Å². The first-order valence-electron chi connectivity index (χ1n) is 4.99. The highest BCUT2D eigenvalue weighted by molar-refractivity contribution is 7.80. The average Bonchev–Trinajstić information content (AvgIpc) is 2.30. The average molecular weight is 251 g/mol. The normalized spacial score (nSPS) is 11.4. The van der Waals surface area contributed by atoms with E-state index in [-0.39, 0.29) is 0 Å². The number of thiol groups is 1. The van der Waals surface area contributed by atoms with Gasteiger partial charge >= 0.3 is 0 Å². The van der Waals surface area contributed by atoms with Gasteiger partial charge in [0.1, 0.15) is 11.5 Å². The smallest absolute Gasteiger partial charge is 0.140 e. The third-order valence-electron chi connectivity index (χ3n) is 2.22. The van der Waals surface area contributed by atoms with E-state index >= 15 is 0 Å². The van der Waals surface area contributed by atoms with Gasteiger partial charge in [-0.2, -0.15) is 12.6 Å². The molecule has 0 unspecified atom stereocenters. The molecule has 2 aromatic rings. The van der Waals surface area contributed by atoms with Crippen LogP contribution in [0.1, 0.15) is 12.0 Å². The Morgan fingerprint density at radius 1 is 1.31 bits per heavy atom. The Balaban J connectivity index is 2.37. The Morgan fingerprint density at radius 2 is 2.19 bits per heavy atom. The quantitative estimate of drug-likeness (QED) is 0.665. The summed E-state index contributed by atoms with van der Waals surface area (Å²) in [5.41, 5.74) is 1.98. The van der Waals surface area contributed by atoms with E-state index in [0.29, 0.717) is 5.15 Å². The van der Waals surface area contributed by atoms with Gasteiger partial charge in [-0.25, -0.2) is 9.97 Å². The lowest BCUT2D eigenvalue weighted by atomic mass is 10.1. The fraction of sp³-hybridized carbons (Fsp3) is 0.167. The second-order valence-corrected chi connectivity index (χ2v) is 4.16. The minimum absolute atomic E-state index is 0.496. The van der Waals surface area contributed by atoms with Crippen LogP contribution in [-0.2, 0) is 0 Å². The molecule has 2 nitrogen and oxygen atoms in total. The first kappa shape index (κ1) is 11.4. The molecule has 1 aromatic heterocycles. The van der Waals surface area contributed by atoms with E-state index in [1.54, 1.807) is 0 Å². The van der Waals surface area contributed by atoms with Crippen molar-refractivity contribution < 1.29 is 0 Å². The minimum atomic E-state index is 0.496. The van der Waals surface area contributed by atoms with E-state index in [0.717, 1.165) is 28.6 Å². The Labute approximate surface area is 105 Å². The molecule has 1 aromatic carbocycles. The first-order chi connectivity index (χ1) is 7.81. The topological polar surface area (TPSA) is 25.8 Å². The molecule has 4 heteroatoms. The summed E-state index contributed by atoms with van der Waals surface area (Å²) in [6.45, 7) is 0. The lowest BCUT2D eigenvalue weighted by molar-refractivity contribution is 1.22. The monoisotopic (exact) mass is 250 g/mol.